The van der Waals surface area contributed by atoms with Crippen LogP contribution in [-0.2, 0) is 16.6 Å². The molecular weight excluding hydrogens is 435 g/mol. The van der Waals surface area contributed by atoms with Crippen molar-refractivity contribution in [2.75, 3.05) is 25.0 Å². The number of carbonyl (C=O) groups excluding carboxylic acids is 1. The molecule has 32 heavy (non-hydrogen) atoms. The Hall–Kier alpha value is -3.59. The maximum absolute atomic E-state index is 13.0. The molecule has 9 heteroatoms. The highest BCUT2D eigenvalue weighted by Crippen LogP contribution is 2.32. The number of nitrogens with zero attached hydrogens (tertiary/aromatic N) is 1. The number of ether oxygens (including phenoxy) is 2. The summed E-state index contributed by atoms with van der Waals surface area (Å²) < 4.78 is 51.9. The number of amides is 1. The summed E-state index contributed by atoms with van der Waals surface area (Å²) in [5.74, 6) is 0.305. The lowest BCUT2D eigenvalue weighted by molar-refractivity contribution is 0.0785. The van der Waals surface area contributed by atoms with Crippen molar-refractivity contribution in [3.63, 3.8) is 0 Å². The Morgan fingerprint density at radius 3 is 2.31 bits per heavy atom. The zero-order valence-corrected chi connectivity index (χ0v) is 18.1. The van der Waals surface area contributed by atoms with Gasteiger partial charge in [0.15, 0.2) is 11.5 Å². The molecule has 3 aromatic carbocycles. The molecule has 0 bridgehead atoms. The average Bonchev–Trinajstić information content (AvgIpc) is 2.80. The second-order valence-corrected chi connectivity index (χ2v) is 8.96. The first-order valence-electron chi connectivity index (χ1n) is 9.84. The number of fused-ring (bicyclic) bond motifs is 1. The van der Waals surface area contributed by atoms with Crippen LogP contribution < -0.4 is 14.2 Å². The molecule has 3 aromatic rings. The van der Waals surface area contributed by atoms with Gasteiger partial charge in [-0.2, -0.15) is 0 Å². The van der Waals surface area contributed by atoms with E-state index in [1.54, 1.807) is 37.4 Å². The minimum Gasteiger partial charge on any atom is -0.486 e. The molecule has 1 aliphatic rings. The van der Waals surface area contributed by atoms with Gasteiger partial charge in [0.25, 0.3) is 15.9 Å². The number of carbonyl (C=O) groups is 1. The van der Waals surface area contributed by atoms with Crippen LogP contribution in [0.1, 0.15) is 15.9 Å². The summed E-state index contributed by atoms with van der Waals surface area (Å²) >= 11 is 0. The zero-order valence-electron chi connectivity index (χ0n) is 17.2. The van der Waals surface area contributed by atoms with Gasteiger partial charge in [0, 0.05) is 30.9 Å². The van der Waals surface area contributed by atoms with Gasteiger partial charge >= 0.3 is 0 Å². The Labute approximate surface area is 185 Å². The number of hydrogen-bond acceptors (Lipinski definition) is 5. The molecule has 1 aliphatic heterocycles. The van der Waals surface area contributed by atoms with Crippen molar-refractivity contribution in [2.45, 2.75) is 11.4 Å². The van der Waals surface area contributed by atoms with Crippen LogP contribution in [0.15, 0.2) is 71.6 Å². The summed E-state index contributed by atoms with van der Waals surface area (Å²) in [6.45, 7) is 1.09. The lowest BCUT2D eigenvalue weighted by atomic mass is 10.1. The molecule has 7 nitrogen and oxygen atoms in total. The molecule has 0 radical (unpaired) electrons. The quantitative estimate of drug-likeness (QED) is 0.612. The second kappa shape index (κ2) is 8.88. The predicted molar refractivity (Wildman–Crippen MR) is 117 cm³/mol. The molecule has 4 rings (SSSR count). The zero-order chi connectivity index (χ0) is 22.7. The number of hydrogen-bond donors (Lipinski definition) is 1. The van der Waals surface area contributed by atoms with Gasteiger partial charge in [-0.3, -0.25) is 9.52 Å². The fraction of sp³-hybridized carbons (Fsp3) is 0.174. The van der Waals surface area contributed by atoms with E-state index >= 15 is 0 Å². The third kappa shape index (κ3) is 4.83. The topological polar surface area (TPSA) is 84.9 Å². The normalized spacial score (nSPS) is 12.8. The number of sulfonamides is 1. The van der Waals surface area contributed by atoms with Gasteiger partial charge in [-0.25, -0.2) is 12.8 Å². The number of rotatable bonds is 6. The molecule has 0 aromatic heterocycles. The Morgan fingerprint density at radius 1 is 0.969 bits per heavy atom. The Balaban J connectivity index is 1.43. The van der Waals surface area contributed by atoms with E-state index in [0.717, 1.165) is 5.56 Å². The number of anilines is 1. The molecule has 0 unspecified atom stereocenters. The van der Waals surface area contributed by atoms with Crippen LogP contribution in [0.4, 0.5) is 10.1 Å². The summed E-state index contributed by atoms with van der Waals surface area (Å²) in [5.41, 5.74) is 1.51. The molecule has 0 aliphatic carbocycles. The Morgan fingerprint density at radius 2 is 1.62 bits per heavy atom. The lowest BCUT2D eigenvalue weighted by Crippen LogP contribution is -2.26. The van der Waals surface area contributed by atoms with E-state index in [0.29, 0.717) is 42.5 Å². The minimum atomic E-state index is -3.85. The Kier molecular flexibility index (Phi) is 6.00. The second-order valence-electron chi connectivity index (χ2n) is 7.28. The van der Waals surface area contributed by atoms with Crippen molar-refractivity contribution >= 4 is 21.6 Å². The van der Waals surface area contributed by atoms with Crippen molar-refractivity contribution in [3.8, 4) is 11.5 Å². The standard InChI is InChI=1S/C23H21FN2O5S/c1-26(15-16-2-6-18(24)7-3-16)23(27)17-4-8-19(9-5-17)25-32(28,29)20-10-11-21-22(14-20)31-13-12-30-21/h2-11,14,25H,12-13,15H2,1H3. The van der Waals surface area contributed by atoms with Crippen LogP contribution in [0.5, 0.6) is 11.5 Å². The van der Waals surface area contributed by atoms with Crippen LogP contribution in [0.2, 0.25) is 0 Å². The van der Waals surface area contributed by atoms with Crippen molar-refractivity contribution in [1.82, 2.24) is 4.90 Å². The van der Waals surface area contributed by atoms with Crippen LogP contribution >= 0.6 is 0 Å². The maximum Gasteiger partial charge on any atom is 0.262 e. The van der Waals surface area contributed by atoms with E-state index in [2.05, 4.69) is 4.72 Å². The molecular formula is C23H21FN2O5S. The highest BCUT2D eigenvalue weighted by Gasteiger charge is 2.20. The van der Waals surface area contributed by atoms with Crippen LogP contribution in [0.3, 0.4) is 0 Å². The number of halogens is 1. The van der Waals surface area contributed by atoms with Crippen molar-refractivity contribution in [1.29, 1.82) is 0 Å². The molecule has 1 amide bonds. The van der Waals surface area contributed by atoms with Crippen LogP contribution in [0, 0.1) is 5.82 Å². The first-order valence-corrected chi connectivity index (χ1v) is 11.3. The molecule has 0 saturated heterocycles. The molecule has 0 fully saturated rings. The average molecular weight is 456 g/mol. The minimum absolute atomic E-state index is 0.0425. The summed E-state index contributed by atoms with van der Waals surface area (Å²) in [4.78, 5) is 14.2. The van der Waals surface area contributed by atoms with Gasteiger partial charge in [0.05, 0.1) is 4.90 Å². The largest absolute Gasteiger partial charge is 0.486 e. The predicted octanol–water partition coefficient (Wildman–Crippen LogP) is 3.67. The Bertz CT molecular complexity index is 1230. The summed E-state index contributed by atoms with van der Waals surface area (Å²) in [7, 11) is -2.21. The molecule has 1 N–H and O–H groups in total. The van der Waals surface area contributed by atoms with Gasteiger partial charge in [-0.1, -0.05) is 12.1 Å². The maximum atomic E-state index is 13.0. The first kappa shape index (κ1) is 21.6. The summed E-state index contributed by atoms with van der Waals surface area (Å²) in [6, 6.07) is 16.5. The number of benzene rings is 3. The smallest absolute Gasteiger partial charge is 0.262 e. The van der Waals surface area contributed by atoms with E-state index in [1.165, 1.54) is 41.3 Å². The van der Waals surface area contributed by atoms with E-state index < -0.39 is 10.0 Å². The fourth-order valence-corrected chi connectivity index (χ4v) is 4.32. The summed E-state index contributed by atoms with van der Waals surface area (Å²) in [6.07, 6.45) is 0. The highest BCUT2D eigenvalue weighted by molar-refractivity contribution is 7.92. The van der Waals surface area contributed by atoms with E-state index in [9.17, 15) is 17.6 Å². The molecule has 0 atom stereocenters. The molecule has 1 heterocycles. The van der Waals surface area contributed by atoms with E-state index in [-0.39, 0.29) is 16.6 Å². The number of nitrogens with one attached hydrogen (secondary N) is 1. The monoisotopic (exact) mass is 456 g/mol. The van der Waals surface area contributed by atoms with Crippen molar-refractivity contribution < 1.29 is 27.1 Å². The van der Waals surface area contributed by atoms with Crippen LogP contribution in [0.25, 0.3) is 0 Å². The van der Waals surface area contributed by atoms with Gasteiger partial charge in [0.2, 0.25) is 0 Å². The molecule has 0 saturated carbocycles. The molecule has 0 spiro atoms. The third-order valence-corrected chi connectivity index (χ3v) is 6.27. The summed E-state index contributed by atoms with van der Waals surface area (Å²) in [5, 5.41) is 0. The fourth-order valence-electron chi connectivity index (χ4n) is 3.24. The van der Waals surface area contributed by atoms with Crippen molar-refractivity contribution in [3.05, 3.63) is 83.7 Å². The van der Waals surface area contributed by atoms with E-state index in [4.69, 9.17) is 9.47 Å². The third-order valence-electron chi connectivity index (χ3n) is 4.89. The first-order chi connectivity index (χ1) is 15.3. The van der Waals surface area contributed by atoms with E-state index in [1.807, 2.05) is 0 Å². The van der Waals surface area contributed by atoms with Gasteiger partial charge in [-0.05, 0) is 54.1 Å². The van der Waals surface area contributed by atoms with Gasteiger partial charge in [0.1, 0.15) is 19.0 Å². The van der Waals surface area contributed by atoms with Gasteiger partial charge < -0.3 is 14.4 Å². The SMILES string of the molecule is CN(Cc1ccc(F)cc1)C(=O)c1ccc(NS(=O)(=O)c2ccc3c(c2)OCCO3)cc1. The highest BCUT2D eigenvalue weighted by atomic mass is 32.2. The van der Waals surface area contributed by atoms with Gasteiger partial charge in [-0.15, -0.1) is 0 Å². The van der Waals surface area contributed by atoms with Crippen molar-refractivity contribution in [2.24, 2.45) is 0 Å². The van der Waals surface area contributed by atoms with Crippen LogP contribution in [-0.4, -0.2) is 39.5 Å². The molecule has 166 valence electrons. The lowest BCUT2D eigenvalue weighted by Gasteiger charge is -2.19.